The second-order valence-electron chi connectivity index (χ2n) is 3.86. The second kappa shape index (κ2) is 7.03. The van der Waals surface area contributed by atoms with E-state index in [1.54, 1.807) is 18.2 Å². The van der Waals surface area contributed by atoms with Crippen molar-refractivity contribution in [2.24, 2.45) is 5.73 Å². The standard InChI is InChI=1S/C13H17ClN2O2/c1-3-6-16-13(17)8-18-12-5-4-10(9(2)15)7-11(12)14/h3-5,7,9H,1,6,8,15H2,2H3,(H,16,17). The third-order valence-corrected chi connectivity index (χ3v) is 2.58. The predicted molar refractivity (Wildman–Crippen MR) is 72.8 cm³/mol. The average molecular weight is 269 g/mol. The molecule has 0 radical (unpaired) electrons. The van der Waals surface area contributed by atoms with Gasteiger partial charge in [0.05, 0.1) is 5.02 Å². The molecule has 0 saturated carbocycles. The fraction of sp³-hybridized carbons (Fsp3) is 0.308. The third-order valence-electron chi connectivity index (χ3n) is 2.28. The minimum Gasteiger partial charge on any atom is -0.482 e. The molecule has 1 amide bonds. The van der Waals surface area contributed by atoms with Crippen LogP contribution in [0.1, 0.15) is 18.5 Å². The lowest BCUT2D eigenvalue weighted by Crippen LogP contribution is -2.28. The Hall–Kier alpha value is -1.52. The molecule has 0 aliphatic carbocycles. The number of benzene rings is 1. The summed E-state index contributed by atoms with van der Waals surface area (Å²) < 4.78 is 5.31. The highest BCUT2D eigenvalue weighted by molar-refractivity contribution is 6.32. The minimum atomic E-state index is -0.220. The van der Waals surface area contributed by atoms with Gasteiger partial charge in [-0.3, -0.25) is 4.79 Å². The molecule has 0 saturated heterocycles. The second-order valence-corrected chi connectivity index (χ2v) is 4.27. The van der Waals surface area contributed by atoms with Gasteiger partial charge in [-0.05, 0) is 24.6 Å². The minimum absolute atomic E-state index is 0.0783. The predicted octanol–water partition coefficient (Wildman–Crippen LogP) is 2.04. The summed E-state index contributed by atoms with van der Waals surface area (Å²) in [5.41, 5.74) is 6.66. The molecule has 0 bridgehead atoms. The molecule has 4 nitrogen and oxygen atoms in total. The fourth-order valence-electron chi connectivity index (χ4n) is 1.30. The Morgan fingerprint density at radius 3 is 2.94 bits per heavy atom. The Morgan fingerprint density at radius 2 is 2.39 bits per heavy atom. The lowest BCUT2D eigenvalue weighted by atomic mass is 10.1. The van der Waals surface area contributed by atoms with Crippen molar-refractivity contribution in [3.63, 3.8) is 0 Å². The number of hydrogen-bond donors (Lipinski definition) is 2. The number of carbonyl (C=O) groups is 1. The van der Waals surface area contributed by atoms with Crippen molar-refractivity contribution in [3.8, 4) is 5.75 Å². The van der Waals surface area contributed by atoms with Gasteiger partial charge in [0.2, 0.25) is 0 Å². The molecule has 98 valence electrons. The summed E-state index contributed by atoms with van der Waals surface area (Å²) in [5, 5.41) is 3.05. The van der Waals surface area contributed by atoms with Crippen molar-refractivity contribution in [2.75, 3.05) is 13.2 Å². The van der Waals surface area contributed by atoms with E-state index in [9.17, 15) is 4.79 Å². The number of ether oxygens (including phenoxy) is 1. The molecule has 0 aliphatic rings. The van der Waals surface area contributed by atoms with Crippen molar-refractivity contribution < 1.29 is 9.53 Å². The molecular formula is C13H17ClN2O2. The Labute approximate surface area is 112 Å². The molecule has 1 rings (SSSR count). The van der Waals surface area contributed by atoms with Crippen LogP contribution in [-0.2, 0) is 4.79 Å². The molecule has 0 aromatic heterocycles. The van der Waals surface area contributed by atoms with Gasteiger partial charge >= 0.3 is 0 Å². The Bertz CT molecular complexity index is 433. The van der Waals surface area contributed by atoms with Crippen LogP contribution in [0.5, 0.6) is 5.75 Å². The van der Waals surface area contributed by atoms with Crippen molar-refractivity contribution >= 4 is 17.5 Å². The van der Waals surface area contributed by atoms with Gasteiger partial charge in [-0.25, -0.2) is 0 Å². The maximum absolute atomic E-state index is 11.3. The summed E-state index contributed by atoms with van der Waals surface area (Å²) in [7, 11) is 0. The lowest BCUT2D eigenvalue weighted by molar-refractivity contribution is -0.122. The summed E-state index contributed by atoms with van der Waals surface area (Å²) in [6.07, 6.45) is 1.60. The fourth-order valence-corrected chi connectivity index (χ4v) is 1.54. The largest absolute Gasteiger partial charge is 0.482 e. The van der Waals surface area contributed by atoms with Crippen LogP contribution in [0.2, 0.25) is 5.02 Å². The number of rotatable bonds is 6. The van der Waals surface area contributed by atoms with Crippen molar-refractivity contribution in [2.45, 2.75) is 13.0 Å². The van der Waals surface area contributed by atoms with Crippen LogP contribution in [-0.4, -0.2) is 19.1 Å². The first-order valence-electron chi connectivity index (χ1n) is 5.60. The van der Waals surface area contributed by atoms with Gasteiger partial charge in [0.15, 0.2) is 6.61 Å². The van der Waals surface area contributed by atoms with E-state index in [1.165, 1.54) is 0 Å². The quantitative estimate of drug-likeness (QED) is 0.776. The van der Waals surface area contributed by atoms with Crippen molar-refractivity contribution in [1.29, 1.82) is 0 Å². The molecule has 18 heavy (non-hydrogen) atoms. The monoisotopic (exact) mass is 268 g/mol. The zero-order chi connectivity index (χ0) is 13.5. The summed E-state index contributed by atoms with van der Waals surface area (Å²) in [5.74, 6) is 0.247. The third kappa shape index (κ3) is 4.39. The summed E-state index contributed by atoms with van der Waals surface area (Å²) in [6, 6.07) is 5.19. The topological polar surface area (TPSA) is 64.3 Å². The van der Waals surface area contributed by atoms with Gasteiger partial charge < -0.3 is 15.8 Å². The number of amides is 1. The molecule has 0 aliphatic heterocycles. The maximum atomic E-state index is 11.3. The molecule has 1 aromatic rings. The maximum Gasteiger partial charge on any atom is 0.258 e. The van der Waals surface area contributed by atoms with Crippen LogP contribution < -0.4 is 15.8 Å². The van der Waals surface area contributed by atoms with Gasteiger partial charge in [0.1, 0.15) is 5.75 Å². The first-order valence-corrected chi connectivity index (χ1v) is 5.97. The van der Waals surface area contributed by atoms with Gasteiger partial charge in [-0.2, -0.15) is 0 Å². The number of carbonyl (C=O) groups excluding carboxylic acids is 1. The Kier molecular flexibility index (Phi) is 5.68. The first-order chi connectivity index (χ1) is 8.54. The Morgan fingerprint density at radius 1 is 1.67 bits per heavy atom. The highest BCUT2D eigenvalue weighted by atomic mass is 35.5. The summed E-state index contributed by atoms with van der Waals surface area (Å²) in [4.78, 5) is 11.3. The van der Waals surface area contributed by atoms with Crippen LogP contribution >= 0.6 is 11.6 Å². The van der Waals surface area contributed by atoms with E-state index >= 15 is 0 Å². The molecule has 3 N–H and O–H groups in total. The van der Waals surface area contributed by atoms with Crippen molar-refractivity contribution in [3.05, 3.63) is 41.4 Å². The first kappa shape index (κ1) is 14.5. The number of halogens is 1. The van der Waals surface area contributed by atoms with Crippen LogP contribution in [0.15, 0.2) is 30.9 Å². The van der Waals surface area contributed by atoms with Gasteiger partial charge in [0.25, 0.3) is 5.91 Å². The number of nitrogens with one attached hydrogen (secondary N) is 1. The summed E-state index contributed by atoms with van der Waals surface area (Å²) >= 11 is 6.03. The van der Waals surface area contributed by atoms with Gasteiger partial charge in [-0.15, -0.1) is 6.58 Å². The van der Waals surface area contributed by atoms with Crippen LogP contribution in [0.3, 0.4) is 0 Å². The van der Waals surface area contributed by atoms with Crippen LogP contribution in [0.4, 0.5) is 0 Å². The molecule has 1 atom stereocenters. The average Bonchev–Trinajstić information content (AvgIpc) is 2.34. The molecule has 1 unspecified atom stereocenters. The van der Waals surface area contributed by atoms with E-state index < -0.39 is 0 Å². The normalized spacial score (nSPS) is 11.7. The molecule has 0 heterocycles. The molecule has 5 heteroatoms. The van der Waals surface area contributed by atoms with E-state index in [2.05, 4.69) is 11.9 Å². The van der Waals surface area contributed by atoms with E-state index in [0.717, 1.165) is 5.56 Å². The van der Waals surface area contributed by atoms with E-state index in [1.807, 2.05) is 13.0 Å². The molecule has 0 fully saturated rings. The zero-order valence-electron chi connectivity index (χ0n) is 10.3. The van der Waals surface area contributed by atoms with Gasteiger partial charge in [-0.1, -0.05) is 23.7 Å². The molecular weight excluding hydrogens is 252 g/mol. The highest BCUT2D eigenvalue weighted by Gasteiger charge is 2.07. The highest BCUT2D eigenvalue weighted by Crippen LogP contribution is 2.27. The Balaban J connectivity index is 2.57. The van der Waals surface area contributed by atoms with Gasteiger partial charge in [0, 0.05) is 12.6 Å². The van der Waals surface area contributed by atoms with Crippen molar-refractivity contribution in [1.82, 2.24) is 5.32 Å². The molecule has 1 aromatic carbocycles. The number of nitrogens with two attached hydrogens (primary N) is 1. The van der Waals surface area contributed by atoms with Crippen LogP contribution in [0.25, 0.3) is 0 Å². The van der Waals surface area contributed by atoms with E-state index in [4.69, 9.17) is 22.1 Å². The summed E-state index contributed by atoms with van der Waals surface area (Å²) in [6.45, 7) is 5.71. The zero-order valence-corrected chi connectivity index (χ0v) is 11.0. The SMILES string of the molecule is C=CCNC(=O)COc1ccc(C(C)N)cc1Cl. The lowest BCUT2D eigenvalue weighted by Gasteiger charge is -2.11. The number of hydrogen-bond acceptors (Lipinski definition) is 3. The van der Waals surface area contributed by atoms with Crippen LogP contribution in [0, 0.1) is 0 Å². The smallest absolute Gasteiger partial charge is 0.258 e. The van der Waals surface area contributed by atoms with E-state index in [-0.39, 0.29) is 18.6 Å². The van der Waals surface area contributed by atoms with E-state index in [0.29, 0.717) is 17.3 Å². The molecule has 0 spiro atoms.